The van der Waals surface area contributed by atoms with E-state index in [2.05, 4.69) is 31.9 Å². The summed E-state index contributed by atoms with van der Waals surface area (Å²) >= 11 is 1.29. The fourth-order valence-electron chi connectivity index (χ4n) is 2.15. The van der Waals surface area contributed by atoms with E-state index in [9.17, 15) is 14.4 Å². The maximum absolute atomic E-state index is 12.4. The van der Waals surface area contributed by atoms with E-state index in [4.69, 9.17) is 4.74 Å². The molecule has 0 aliphatic carbocycles. The zero-order valence-corrected chi connectivity index (χ0v) is 18.0. The Kier molecular flexibility index (Phi) is 7.79. The van der Waals surface area contributed by atoms with Crippen LogP contribution in [-0.4, -0.2) is 53.1 Å². The minimum absolute atomic E-state index is 0.0927. The molecule has 2 amide bonds. The second kappa shape index (κ2) is 10.1. The standard InChI is InChI=1S/C20H24N4O5S/c1-12(16(25)23-14(19(27)28-5)10-29-20(2,3)4)22-17(26)15-11-30-18(24-15)13-6-8-21-9-7-13/h6-9,11,14H,1,10H2,2-5H3,(H,22,26)(H,23,25)/t14-/m0/s1. The van der Waals surface area contributed by atoms with E-state index in [-0.39, 0.29) is 18.0 Å². The van der Waals surface area contributed by atoms with Crippen LogP contribution in [0.4, 0.5) is 0 Å². The average molecular weight is 433 g/mol. The second-order valence-electron chi connectivity index (χ2n) is 7.18. The third-order valence-corrected chi connectivity index (χ3v) is 4.57. The van der Waals surface area contributed by atoms with Crippen molar-refractivity contribution in [2.45, 2.75) is 32.4 Å². The molecular weight excluding hydrogens is 408 g/mol. The number of nitrogens with zero attached hydrogens (tertiary/aromatic N) is 2. The quantitative estimate of drug-likeness (QED) is 0.483. The first kappa shape index (κ1) is 23.2. The van der Waals surface area contributed by atoms with Gasteiger partial charge in [0.25, 0.3) is 11.8 Å². The number of hydrogen-bond donors (Lipinski definition) is 2. The Labute approximate surface area is 178 Å². The SMILES string of the molecule is C=C(NC(=O)c1csc(-c2ccncc2)n1)C(=O)N[C@@H](COC(C)(C)C)C(=O)OC. The number of esters is 1. The van der Waals surface area contributed by atoms with Gasteiger partial charge in [0.05, 0.1) is 25.0 Å². The molecule has 0 saturated carbocycles. The van der Waals surface area contributed by atoms with Gasteiger partial charge in [-0.15, -0.1) is 11.3 Å². The number of pyridine rings is 1. The van der Waals surface area contributed by atoms with Gasteiger partial charge in [-0.25, -0.2) is 9.78 Å². The zero-order chi connectivity index (χ0) is 22.3. The summed E-state index contributed by atoms with van der Waals surface area (Å²) in [5, 5.41) is 7.05. The van der Waals surface area contributed by atoms with Crippen LogP contribution in [0, 0.1) is 0 Å². The van der Waals surface area contributed by atoms with Crippen molar-refractivity contribution in [2.24, 2.45) is 0 Å². The van der Waals surface area contributed by atoms with Crippen LogP contribution in [0.1, 0.15) is 31.3 Å². The molecule has 0 radical (unpaired) electrons. The number of rotatable bonds is 8. The Hall–Kier alpha value is -3.11. The molecule has 160 valence electrons. The molecule has 0 spiro atoms. The van der Waals surface area contributed by atoms with Crippen molar-refractivity contribution in [3.8, 4) is 10.6 Å². The molecule has 10 heteroatoms. The fraction of sp³-hybridized carbons (Fsp3) is 0.350. The summed E-state index contributed by atoms with van der Waals surface area (Å²) in [6.07, 6.45) is 3.26. The molecular formula is C20H24N4O5S. The summed E-state index contributed by atoms with van der Waals surface area (Å²) in [6.45, 7) is 8.92. The smallest absolute Gasteiger partial charge is 0.330 e. The average Bonchev–Trinajstić information content (AvgIpc) is 3.20. The lowest BCUT2D eigenvalue weighted by Crippen LogP contribution is -2.48. The topological polar surface area (TPSA) is 120 Å². The lowest BCUT2D eigenvalue weighted by atomic mass is 10.2. The third-order valence-electron chi connectivity index (χ3n) is 3.68. The van der Waals surface area contributed by atoms with E-state index in [1.54, 1.807) is 29.9 Å². The molecule has 2 N–H and O–H groups in total. The summed E-state index contributed by atoms with van der Waals surface area (Å²) < 4.78 is 10.2. The van der Waals surface area contributed by atoms with Gasteiger partial charge >= 0.3 is 5.97 Å². The summed E-state index contributed by atoms with van der Waals surface area (Å²) in [6, 6.07) is 2.51. The number of methoxy groups -OCH3 is 1. The Bertz CT molecular complexity index is 921. The molecule has 2 heterocycles. The van der Waals surface area contributed by atoms with E-state index < -0.39 is 29.4 Å². The third kappa shape index (κ3) is 6.75. The van der Waals surface area contributed by atoms with Crippen LogP contribution in [0.5, 0.6) is 0 Å². The Morgan fingerprint density at radius 3 is 2.50 bits per heavy atom. The summed E-state index contributed by atoms with van der Waals surface area (Å²) in [7, 11) is 1.21. The van der Waals surface area contributed by atoms with Crippen LogP contribution in [0.15, 0.2) is 42.2 Å². The van der Waals surface area contributed by atoms with Gasteiger partial charge < -0.3 is 20.1 Å². The van der Waals surface area contributed by atoms with Crippen molar-refractivity contribution in [1.29, 1.82) is 0 Å². The number of carbonyl (C=O) groups is 3. The van der Waals surface area contributed by atoms with Gasteiger partial charge in [0, 0.05) is 23.3 Å². The summed E-state index contributed by atoms with van der Waals surface area (Å²) in [5.41, 5.74) is 0.217. The highest BCUT2D eigenvalue weighted by molar-refractivity contribution is 7.13. The molecule has 2 aromatic rings. The Morgan fingerprint density at radius 2 is 1.90 bits per heavy atom. The molecule has 1 atom stereocenters. The first-order chi connectivity index (χ1) is 14.1. The van der Waals surface area contributed by atoms with Gasteiger partial charge in [-0.05, 0) is 32.9 Å². The highest BCUT2D eigenvalue weighted by atomic mass is 32.1. The van der Waals surface area contributed by atoms with Crippen molar-refractivity contribution in [2.75, 3.05) is 13.7 Å². The lowest BCUT2D eigenvalue weighted by molar-refractivity contribution is -0.148. The van der Waals surface area contributed by atoms with Crippen molar-refractivity contribution in [3.63, 3.8) is 0 Å². The first-order valence-electron chi connectivity index (χ1n) is 8.99. The van der Waals surface area contributed by atoms with E-state index in [0.717, 1.165) is 5.56 Å². The van der Waals surface area contributed by atoms with Gasteiger partial charge in [0.1, 0.15) is 10.7 Å². The van der Waals surface area contributed by atoms with Gasteiger partial charge in [-0.3, -0.25) is 14.6 Å². The molecule has 0 bridgehead atoms. The van der Waals surface area contributed by atoms with Crippen molar-refractivity contribution in [3.05, 3.63) is 47.9 Å². The molecule has 30 heavy (non-hydrogen) atoms. The maximum Gasteiger partial charge on any atom is 0.330 e. The minimum atomic E-state index is -1.05. The molecule has 0 aliphatic rings. The molecule has 2 aromatic heterocycles. The van der Waals surface area contributed by atoms with E-state index in [1.807, 2.05) is 20.8 Å². The van der Waals surface area contributed by atoms with Crippen LogP contribution in [-0.2, 0) is 19.1 Å². The highest BCUT2D eigenvalue weighted by Crippen LogP contribution is 2.22. The van der Waals surface area contributed by atoms with Gasteiger partial charge in [-0.2, -0.15) is 0 Å². The molecule has 0 aliphatic heterocycles. The Balaban J connectivity index is 1.98. The first-order valence-corrected chi connectivity index (χ1v) is 9.87. The number of thiazole rings is 1. The maximum atomic E-state index is 12.4. The van der Waals surface area contributed by atoms with E-state index >= 15 is 0 Å². The molecule has 0 fully saturated rings. The van der Waals surface area contributed by atoms with Gasteiger partial charge in [0.2, 0.25) is 0 Å². The molecule has 0 aromatic carbocycles. The normalized spacial score (nSPS) is 12.0. The van der Waals surface area contributed by atoms with Crippen molar-refractivity contribution in [1.82, 2.24) is 20.6 Å². The summed E-state index contributed by atoms with van der Waals surface area (Å²) in [4.78, 5) is 44.9. The number of nitrogens with one attached hydrogen (secondary N) is 2. The number of ether oxygens (including phenoxy) is 2. The van der Waals surface area contributed by atoms with Crippen LogP contribution < -0.4 is 10.6 Å². The van der Waals surface area contributed by atoms with Crippen LogP contribution in [0.25, 0.3) is 10.6 Å². The van der Waals surface area contributed by atoms with E-state index in [0.29, 0.717) is 5.01 Å². The highest BCUT2D eigenvalue weighted by Gasteiger charge is 2.26. The van der Waals surface area contributed by atoms with Gasteiger partial charge in [-0.1, -0.05) is 6.58 Å². The summed E-state index contributed by atoms with van der Waals surface area (Å²) in [5.74, 6) is -2.00. The number of aromatic nitrogens is 2. The predicted molar refractivity (Wildman–Crippen MR) is 112 cm³/mol. The van der Waals surface area contributed by atoms with Crippen LogP contribution in [0.3, 0.4) is 0 Å². The molecule has 2 rings (SSSR count). The minimum Gasteiger partial charge on any atom is -0.467 e. The van der Waals surface area contributed by atoms with Crippen LogP contribution >= 0.6 is 11.3 Å². The number of hydrogen-bond acceptors (Lipinski definition) is 8. The predicted octanol–water partition coefficient (Wildman–Crippen LogP) is 1.92. The number of carbonyl (C=O) groups excluding carboxylic acids is 3. The lowest BCUT2D eigenvalue weighted by Gasteiger charge is -2.24. The largest absolute Gasteiger partial charge is 0.467 e. The van der Waals surface area contributed by atoms with Crippen molar-refractivity contribution >= 4 is 29.1 Å². The fourth-order valence-corrected chi connectivity index (χ4v) is 2.96. The molecule has 9 nitrogen and oxygen atoms in total. The van der Waals surface area contributed by atoms with Gasteiger partial charge in [0.15, 0.2) is 6.04 Å². The monoisotopic (exact) mass is 432 g/mol. The van der Waals surface area contributed by atoms with E-state index in [1.165, 1.54) is 18.4 Å². The van der Waals surface area contributed by atoms with Crippen molar-refractivity contribution < 1.29 is 23.9 Å². The van der Waals surface area contributed by atoms with Crippen LogP contribution in [0.2, 0.25) is 0 Å². The zero-order valence-electron chi connectivity index (χ0n) is 17.2. The number of amides is 2. The Morgan fingerprint density at radius 1 is 1.23 bits per heavy atom. The second-order valence-corrected chi connectivity index (χ2v) is 8.04. The molecule has 0 unspecified atom stereocenters. The molecule has 0 saturated heterocycles.